The van der Waals surface area contributed by atoms with E-state index in [9.17, 15) is 0 Å². The van der Waals surface area contributed by atoms with Gasteiger partial charge < -0.3 is 0 Å². The van der Waals surface area contributed by atoms with Gasteiger partial charge in [0.2, 0.25) is 0 Å². The Hall–Kier alpha value is -0.760. The average molecular weight is 169 g/mol. The van der Waals surface area contributed by atoms with Gasteiger partial charge in [-0.1, -0.05) is 32.4 Å². The topological polar surface area (TPSA) is 32.3 Å². The molecular formula is C10H19NO. The third-order valence-electron chi connectivity index (χ3n) is 1.61. The SMILES string of the molecule is CC/C=C/C=C(\CCCC)NO. The molecule has 12 heavy (non-hydrogen) atoms. The van der Waals surface area contributed by atoms with Crippen LogP contribution in [0.4, 0.5) is 0 Å². The summed E-state index contributed by atoms with van der Waals surface area (Å²) in [6, 6.07) is 0. The van der Waals surface area contributed by atoms with Gasteiger partial charge in [-0.05, 0) is 25.3 Å². The van der Waals surface area contributed by atoms with Crippen LogP contribution in [-0.4, -0.2) is 5.21 Å². The van der Waals surface area contributed by atoms with E-state index in [1.165, 1.54) is 0 Å². The molecule has 2 N–H and O–H groups in total. The van der Waals surface area contributed by atoms with Crippen LogP contribution in [0.5, 0.6) is 0 Å². The van der Waals surface area contributed by atoms with Crippen molar-refractivity contribution in [2.45, 2.75) is 39.5 Å². The molecule has 0 saturated carbocycles. The number of allylic oxidation sites excluding steroid dienone is 4. The van der Waals surface area contributed by atoms with Crippen molar-refractivity contribution in [3.8, 4) is 0 Å². The molecule has 0 rings (SSSR count). The minimum atomic E-state index is 0.890. The Kier molecular flexibility index (Phi) is 7.81. The maximum absolute atomic E-state index is 8.70. The van der Waals surface area contributed by atoms with Crippen molar-refractivity contribution < 1.29 is 5.21 Å². The first-order valence-corrected chi connectivity index (χ1v) is 4.60. The summed E-state index contributed by atoms with van der Waals surface area (Å²) in [5.41, 5.74) is 3.10. The summed E-state index contributed by atoms with van der Waals surface area (Å²) < 4.78 is 0. The molecule has 0 unspecified atom stereocenters. The summed E-state index contributed by atoms with van der Waals surface area (Å²) in [6.07, 6.45) is 10.1. The molecule has 0 heterocycles. The van der Waals surface area contributed by atoms with E-state index >= 15 is 0 Å². The van der Waals surface area contributed by atoms with E-state index < -0.39 is 0 Å². The number of rotatable bonds is 6. The van der Waals surface area contributed by atoms with Gasteiger partial charge in [-0.25, -0.2) is 0 Å². The molecule has 0 aromatic heterocycles. The first-order valence-electron chi connectivity index (χ1n) is 4.60. The van der Waals surface area contributed by atoms with E-state index in [-0.39, 0.29) is 0 Å². The molecule has 0 aromatic carbocycles. The lowest BCUT2D eigenvalue weighted by Crippen LogP contribution is -2.05. The van der Waals surface area contributed by atoms with Crippen LogP contribution in [0.25, 0.3) is 0 Å². The molecule has 0 aliphatic carbocycles. The van der Waals surface area contributed by atoms with Gasteiger partial charge in [0.05, 0.1) is 0 Å². The molecule has 0 bridgehead atoms. The van der Waals surface area contributed by atoms with Gasteiger partial charge in [-0.3, -0.25) is 10.7 Å². The fourth-order valence-electron chi connectivity index (χ4n) is 0.864. The van der Waals surface area contributed by atoms with E-state index in [0.717, 1.165) is 31.4 Å². The van der Waals surface area contributed by atoms with Crippen LogP contribution < -0.4 is 5.48 Å². The summed E-state index contributed by atoms with van der Waals surface area (Å²) >= 11 is 0. The fraction of sp³-hybridized carbons (Fsp3) is 0.600. The summed E-state index contributed by atoms with van der Waals surface area (Å²) in [5, 5.41) is 8.70. The van der Waals surface area contributed by atoms with Gasteiger partial charge >= 0.3 is 0 Å². The second-order valence-electron chi connectivity index (χ2n) is 2.74. The van der Waals surface area contributed by atoms with E-state index in [1.54, 1.807) is 0 Å². The van der Waals surface area contributed by atoms with Crippen molar-refractivity contribution in [1.29, 1.82) is 0 Å². The van der Waals surface area contributed by atoms with Crippen LogP contribution in [0, 0.1) is 0 Å². The summed E-state index contributed by atoms with van der Waals surface area (Å²) in [6.45, 7) is 4.22. The van der Waals surface area contributed by atoms with Crippen molar-refractivity contribution in [2.24, 2.45) is 0 Å². The standard InChI is InChI=1S/C10H19NO/c1-3-5-7-9-10(11-12)8-6-4-2/h5,7,9,11-12H,3-4,6,8H2,1-2H3/b7-5+,10-9+. The molecule has 0 saturated heterocycles. The minimum Gasteiger partial charge on any atom is -0.291 e. The first-order chi connectivity index (χ1) is 5.85. The molecule has 70 valence electrons. The summed E-state index contributed by atoms with van der Waals surface area (Å²) in [4.78, 5) is 0. The van der Waals surface area contributed by atoms with Gasteiger partial charge in [0.1, 0.15) is 0 Å². The number of unbranched alkanes of at least 4 members (excludes halogenated alkanes) is 1. The van der Waals surface area contributed by atoms with E-state index in [4.69, 9.17) is 5.21 Å². The van der Waals surface area contributed by atoms with Crippen molar-refractivity contribution >= 4 is 0 Å². The lowest BCUT2D eigenvalue weighted by Gasteiger charge is -2.02. The van der Waals surface area contributed by atoms with E-state index in [0.29, 0.717) is 0 Å². The monoisotopic (exact) mass is 169 g/mol. The quantitative estimate of drug-likeness (QED) is 0.473. The fourth-order valence-corrected chi connectivity index (χ4v) is 0.864. The van der Waals surface area contributed by atoms with Gasteiger partial charge in [-0.15, -0.1) is 0 Å². The Labute approximate surface area is 74.9 Å². The highest BCUT2D eigenvalue weighted by Gasteiger charge is 1.91. The zero-order valence-corrected chi connectivity index (χ0v) is 8.01. The maximum atomic E-state index is 8.70. The van der Waals surface area contributed by atoms with Crippen LogP contribution in [0.1, 0.15) is 39.5 Å². The van der Waals surface area contributed by atoms with Gasteiger partial charge in [0.15, 0.2) is 0 Å². The lowest BCUT2D eigenvalue weighted by atomic mass is 10.2. The normalized spacial score (nSPS) is 12.4. The highest BCUT2D eigenvalue weighted by Crippen LogP contribution is 2.03. The molecule has 0 aromatic rings. The third-order valence-corrected chi connectivity index (χ3v) is 1.61. The Balaban J connectivity index is 3.78. The Morgan fingerprint density at radius 2 is 2.17 bits per heavy atom. The molecule has 2 nitrogen and oxygen atoms in total. The van der Waals surface area contributed by atoms with Crippen molar-refractivity contribution in [3.05, 3.63) is 23.9 Å². The Morgan fingerprint density at radius 3 is 2.67 bits per heavy atom. The number of nitrogens with one attached hydrogen (secondary N) is 1. The average Bonchev–Trinajstić information content (AvgIpc) is 2.11. The van der Waals surface area contributed by atoms with Gasteiger partial charge in [0, 0.05) is 5.70 Å². The zero-order chi connectivity index (χ0) is 9.23. The van der Waals surface area contributed by atoms with Crippen LogP contribution in [-0.2, 0) is 0 Å². The minimum absolute atomic E-state index is 0.890. The first kappa shape index (κ1) is 11.2. The Morgan fingerprint density at radius 1 is 1.42 bits per heavy atom. The lowest BCUT2D eigenvalue weighted by molar-refractivity contribution is 0.195. The van der Waals surface area contributed by atoms with Crippen LogP contribution in [0.2, 0.25) is 0 Å². The summed E-state index contributed by atoms with van der Waals surface area (Å²) in [5.74, 6) is 0. The molecule has 0 spiro atoms. The van der Waals surface area contributed by atoms with Crippen LogP contribution >= 0.6 is 0 Å². The predicted octanol–water partition coefficient (Wildman–Crippen LogP) is 3.01. The van der Waals surface area contributed by atoms with E-state index in [1.807, 2.05) is 12.2 Å². The van der Waals surface area contributed by atoms with Crippen molar-refractivity contribution in [3.63, 3.8) is 0 Å². The summed E-state index contributed by atoms with van der Waals surface area (Å²) in [7, 11) is 0. The molecule has 0 atom stereocenters. The predicted molar refractivity (Wildman–Crippen MR) is 52.0 cm³/mol. The second-order valence-corrected chi connectivity index (χ2v) is 2.74. The molecule has 0 amide bonds. The van der Waals surface area contributed by atoms with Gasteiger partial charge in [-0.2, -0.15) is 0 Å². The highest BCUT2D eigenvalue weighted by molar-refractivity contribution is 5.09. The maximum Gasteiger partial charge on any atom is 0.0376 e. The van der Waals surface area contributed by atoms with E-state index in [2.05, 4.69) is 25.4 Å². The highest BCUT2D eigenvalue weighted by atomic mass is 16.5. The molecule has 0 aliphatic heterocycles. The third kappa shape index (κ3) is 5.98. The number of hydroxylamine groups is 1. The molecule has 0 radical (unpaired) electrons. The Bertz CT molecular complexity index is 150. The second kappa shape index (κ2) is 8.34. The molecule has 0 aliphatic rings. The van der Waals surface area contributed by atoms with Crippen molar-refractivity contribution in [1.82, 2.24) is 5.48 Å². The molecule has 0 fully saturated rings. The number of hydrogen-bond donors (Lipinski definition) is 2. The van der Waals surface area contributed by atoms with Crippen molar-refractivity contribution in [2.75, 3.05) is 0 Å². The smallest absolute Gasteiger partial charge is 0.0376 e. The van der Waals surface area contributed by atoms with Crippen LogP contribution in [0.3, 0.4) is 0 Å². The van der Waals surface area contributed by atoms with Crippen LogP contribution in [0.15, 0.2) is 23.9 Å². The molecular weight excluding hydrogens is 150 g/mol. The van der Waals surface area contributed by atoms with Gasteiger partial charge in [0.25, 0.3) is 0 Å². The number of hydrogen-bond acceptors (Lipinski definition) is 2. The zero-order valence-electron chi connectivity index (χ0n) is 8.01. The largest absolute Gasteiger partial charge is 0.291 e. The molecule has 2 heteroatoms.